The second-order valence-corrected chi connectivity index (χ2v) is 5.59. The number of carbonyl (C=O) groups is 2. The van der Waals surface area contributed by atoms with E-state index in [4.69, 9.17) is 4.74 Å². The maximum Gasteiger partial charge on any atom is 0.242 e. The van der Waals surface area contributed by atoms with Gasteiger partial charge in [-0.25, -0.2) is 0 Å². The molecule has 0 bridgehead atoms. The van der Waals surface area contributed by atoms with Gasteiger partial charge in [-0.2, -0.15) is 0 Å². The summed E-state index contributed by atoms with van der Waals surface area (Å²) < 4.78 is 5.67. The van der Waals surface area contributed by atoms with Gasteiger partial charge in [0.25, 0.3) is 0 Å². The number of likely N-dealkylation sites (N-methyl/N-ethyl adjacent to an activating group) is 1. The van der Waals surface area contributed by atoms with E-state index in [1.807, 2.05) is 13.8 Å². The van der Waals surface area contributed by atoms with Gasteiger partial charge >= 0.3 is 0 Å². The highest BCUT2D eigenvalue weighted by molar-refractivity contribution is 5.87. The largest absolute Gasteiger partial charge is 0.375 e. The van der Waals surface area contributed by atoms with Crippen LogP contribution in [-0.4, -0.2) is 37.1 Å². The summed E-state index contributed by atoms with van der Waals surface area (Å²) in [6, 6.07) is -0.457. The molecule has 110 valence electrons. The molecule has 1 heterocycles. The van der Waals surface area contributed by atoms with E-state index < -0.39 is 6.04 Å². The van der Waals surface area contributed by atoms with Gasteiger partial charge in [0.15, 0.2) is 0 Å². The van der Waals surface area contributed by atoms with Gasteiger partial charge in [-0.15, -0.1) is 0 Å². The van der Waals surface area contributed by atoms with Crippen LogP contribution in [0.15, 0.2) is 0 Å². The van der Waals surface area contributed by atoms with Crippen molar-refractivity contribution in [2.24, 2.45) is 5.92 Å². The highest BCUT2D eigenvalue weighted by Crippen LogP contribution is 2.22. The molecule has 2 amide bonds. The fraction of sp³-hybridized carbons (Fsp3) is 0.857. The van der Waals surface area contributed by atoms with E-state index in [1.165, 1.54) is 0 Å². The van der Waals surface area contributed by atoms with Crippen LogP contribution in [0.5, 0.6) is 0 Å². The molecular weight excluding hydrogens is 244 g/mol. The Balaban J connectivity index is 2.34. The minimum atomic E-state index is -0.457. The quantitative estimate of drug-likeness (QED) is 0.762. The van der Waals surface area contributed by atoms with Crippen molar-refractivity contribution in [3.8, 4) is 0 Å². The molecule has 3 atom stereocenters. The zero-order valence-electron chi connectivity index (χ0n) is 12.4. The van der Waals surface area contributed by atoms with E-state index in [2.05, 4.69) is 17.6 Å². The third kappa shape index (κ3) is 5.19. The van der Waals surface area contributed by atoms with Crippen LogP contribution in [0.25, 0.3) is 0 Å². The minimum Gasteiger partial charge on any atom is -0.375 e. The number of rotatable bonds is 6. The first-order valence-electron chi connectivity index (χ1n) is 7.10. The van der Waals surface area contributed by atoms with E-state index in [1.54, 1.807) is 7.05 Å². The van der Waals surface area contributed by atoms with Crippen molar-refractivity contribution < 1.29 is 14.3 Å². The van der Waals surface area contributed by atoms with Gasteiger partial charge in [-0.05, 0) is 32.1 Å². The third-order valence-electron chi connectivity index (χ3n) is 3.53. The van der Waals surface area contributed by atoms with Gasteiger partial charge in [0.2, 0.25) is 11.8 Å². The molecule has 1 aliphatic heterocycles. The maximum atomic E-state index is 11.9. The molecule has 19 heavy (non-hydrogen) atoms. The van der Waals surface area contributed by atoms with E-state index in [0.717, 1.165) is 19.3 Å². The smallest absolute Gasteiger partial charge is 0.242 e. The molecule has 1 rings (SSSR count). The summed E-state index contributed by atoms with van der Waals surface area (Å²) in [5.74, 6) is -0.147. The number of amides is 2. The van der Waals surface area contributed by atoms with Crippen molar-refractivity contribution >= 4 is 11.8 Å². The van der Waals surface area contributed by atoms with Crippen LogP contribution in [0.4, 0.5) is 0 Å². The second kappa shape index (κ2) is 7.48. The van der Waals surface area contributed by atoms with Crippen molar-refractivity contribution in [3.05, 3.63) is 0 Å². The molecule has 1 fully saturated rings. The van der Waals surface area contributed by atoms with Crippen LogP contribution < -0.4 is 10.6 Å². The molecule has 0 aromatic carbocycles. The zero-order chi connectivity index (χ0) is 14.4. The fourth-order valence-corrected chi connectivity index (χ4v) is 2.33. The number of hydrogen-bond acceptors (Lipinski definition) is 3. The molecule has 0 radical (unpaired) electrons. The van der Waals surface area contributed by atoms with Crippen LogP contribution in [0.3, 0.4) is 0 Å². The van der Waals surface area contributed by atoms with Crippen LogP contribution in [0.1, 0.15) is 46.5 Å². The molecule has 0 unspecified atom stereocenters. The summed E-state index contributed by atoms with van der Waals surface area (Å²) in [6.07, 6.45) is 3.74. The van der Waals surface area contributed by atoms with Crippen molar-refractivity contribution in [1.82, 2.24) is 10.6 Å². The summed E-state index contributed by atoms with van der Waals surface area (Å²) in [7, 11) is 1.58. The lowest BCUT2D eigenvalue weighted by Gasteiger charge is -2.21. The van der Waals surface area contributed by atoms with Crippen molar-refractivity contribution in [1.29, 1.82) is 0 Å². The monoisotopic (exact) mass is 270 g/mol. The van der Waals surface area contributed by atoms with Gasteiger partial charge < -0.3 is 15.4 Å². The Hall–Kier alpha value is -1.10. The van der Waals surface area contributed by atoms with Gasteiger partial charge in [-0.1, -0.05) is 13.8 Å². The maximum absolute atomic E-state index is 11.9. The summed E-state index contributed by atoms with van der Waals surface area (Å²) in [5.41, 5.74) is 0. The molecular formula is C14H26N2O3. The molecule has 0 aliphatic carbocycles. The number of hydrogen-bond donors (Lipinski definition) is 2. The Bertz CT molecular complexity index is 318. The summed E-state index contributed by atoms with van der Waals surface area (Å²) in [6.45, 7) is 5.89. The van der Waals surface area contributed by atoms with E-state index >= 15 is 0 Å². The molecule has 0 aromatic rings. The highest BCUT2D eigenvalue weighted by atomic mass is 16.5. The predicted octanol–water partition coefficient (Wildman–Crippen LogP) is 1.22. The lowest BCUT2D eigenvalue weighted by Crippen LogP contribution is -2.48. The first-order chi connectivity index (χ1) is 8.93. The molecule has 0 spiro atoms. The summed E-state index contributed by atoms with van der Waals surface area (Å²) in [4.78, 5) is 23.5. The molecule has 0 saturated carbocycles. The standard InChI is InChI=1S/C14H26N2O3/c1-9(2)13(14(18)15-4)16-12(17)8-7-11-6-5-10(3)19-11/h9-11,13H,5-8H2,1-4H3,(H,15,18)(H,16,17)/t10-,11+,13-/m1/s1. The van der Waals surface area contributed by atoms with E-state index in [9.17, 15) is 9.59 Å². The predicted molar refractivity (Wildman–Crippen MR) is 73.6 cm³/mol. The fourth-order valence-electron chi connectivity index (χ4n) is 2.33. The Labute approximate surface area is 115 Å². The summed E-state index contributed by atoms with van der Waals surface area (Å²) in [5, 5.41) is 5.37. The van der Waals surface area contributed by atoms with Crippen LogP contribution in [0.2, 0.25) is 0 Å². The van der Waals surface area contributed by atoms with E-state index in [-0.39, 0.29) is 23.8 Å². The summed E-state index contributed by atoms with van der Waals surface area (Å²) >= 11 is 0. The van der Waals surface area contributed by atoms with E-state index in [0.29, 0.717) is 12.5 Å². The molecule has 1 aliphatic rings. The minimum absolute atomic E-state index is 0.0756. The molecule has 2 N–H and O–H groups in total. The number of carbonyl (C=O) groups excluding carboxylic acids is 2. The molecule has 5 nitrogen and oxygen atoms in total. The average molecular weight is 270 g/mol. The van der Waals surface area contributed by atoms with Gasteiger partial charge in [0, 0.05) is 13.5 Å². The first kappa shape index (κ1) is 16.0. The molecule has 1 saturated heterocycles. The zero-order valence-corrected chi connectivity index (χ0v) is 12.4. The van der Waals surface area contributed by atoms with Crippen LogP contribution in [0, 0.1) is 5.92 Å². The van der Waals surface area contributed by atoms with Gasteiger partial charge in [-0.3, -0.25) is 9.59 Å². The van der Waals surface area contributed by atoms with Crippen molar-refractivity contribution in [2.75, 3.05) is 7.05 Å². The Morgan fingerprint density at radius 2 is 2.00 bits per heavy atom. The van der Waals surface area contributed by atoms with Crippen LogP contribution in [-0.2, 0) is 14.3 Å². The highest BCUT2D eigenvalue weighted by Gasteiger charge is 2.25. The first-order valence-corrected chi connectivity index (χ1v) is 7.10. The number of ether oxygens (including phenoxy) is 1. The van der Waals surface area contributed by atoms with Gasteiger partial charge in [0.05, 0.1) is 12.2 Å². The van der Waals surface area contributed by atoms with Crippen molar-refractivity contribution in [2.45, 2.75) is 64.7 Å². The van der Waals surface area contributed by atoms with Crippen molar-refractivity contribution in [3.63, 3.8) is 0 Å². The normalized spacial score (nSPS) is 24.3. The van der Waals surface area contributed by atoms with Crippen LogP contribution >= 0.6 is 0 Å². The Kier molecular flexibility index (Phi) is 6.28. The molecule has 5 heteroatoms. The molecule has 0 aromatic heterocycles. The SMILES string of the molecule is CNC(=O)[C@H](NC(=O)CC[C@@H]1CC[C@@H](C)O1)C(C)C. The number of nitrogens with one attached hydrogen (secondary N) is 2. The lowest BCUT2D eigenvalue weighted by atomic mass is 10.0. The topological polar surface area (TPSA) is 67.4 Å². The lowest BCUT2D eigenvalue weighted by molar-refractivity contribution is -0.130. The van der Waals surface area contributed by atoms with Gasteiger partial charge in [0.1, 0.15) is 6.04 Å². The average Bonchev–Trinajstić information content (AvgIpc) is 2.78. The second-order valence-electron chi connectivity index (χ2n) is 5.59. The Morgan fingerprint density at radius 3 is 2.47 bits per heavy atom. The Morgan fingerprint density at radius 1 is 1.32 bits per heavy atom. The third-order valence-corrected chi connectivity index (χ3v) is 3.53.